The van der Waals surface area contributed by atoms with Crippen molar-refractivity contribution in [2.75, 3.05) is 0 Å². The van der Waals surface area contributed by atoms with Crippen LogP contribution >= 0.6 is 0 Å². The third-order valence-corrected chi connectivity index (χ3v) is 2.78. The van der Waals surface area contributed by atoms with Crippen LogP contribution in [0.3, 0.4) is 0 Å². The molecule has 0 atom stereocenters. The monoisotopic (exact) mass is 250 g/mol. The SMILES string of the molecule is Cc1nn(Cc2ccc(F)cc2)c(C)c1[N+](=O)O. The molecule has 0 aliphatic heterocycles. The Morgan fingerprint density at radius 3 is 2.44 bits per heavy atom. The molecule has 0 aliphatic carbocycles. The van der Waals surface area contributed by atoms with Crippen LogP contribution in [0.5, 0.6) is 0 Å². The average Bonchev–Trinajstić information content (AvgIpc) is 2.57. The predicted octanol–water partition coefficient (Wildman–Crippen LogP) is 2.49. The summed E-state index contributed by atoms with van der Waals surface area (Å²) in [6.45, 7) is 3.76. The molecule has 94 valence electrons. The van der Waals surface area contributed by atoms with Gasteiger partial charge < -0.3 is 0 Å². The smallest absolute Gasteiger partial charge is 0.258 e. The Balaban J connectivity index is 2.33. The van der Waals surface area contributed by atoms with Gasteiger partial charge in [-0.2, -0.15) is 5.10 Å². The molecule has 1 N–H and O–H groups in total. The molecule has 2 aromatic rings. The fourth-order valence-corrected chi connectivity index (χ4v) is 1.88. The van der Waals surface area contributed by atoms with Crippen LogP contribution in [0.1, 0.15) is 17.0 Å². The Hall–Kier alpha value is -2.24. The first-order valence-corrected chi connectivity index (χ1v) is 5.43. The number of hydrogen-bond acceptors (Lipinski definition) is 2. The van der Waals surface area contributed by atoms with E-state index in [-0.39, 0.29) is 16.4 Å². The third kappa shape index (κ3) is 2.22. The molecule has 1 heterocycles. The fourth-order valence-electron chi connectivity index (χ4n) is 1.88. The van der Waals surface area contributed by atoms with Gasteiger partial charge in [0.1, 0.15) is 17.2 Å². The van der Waals surface area contributed by atoms with Crippen LogP contribution in [0.2, 0.25) is 0 Å². The second-order valence-electron chi connectivity index (χ2n) is 4.08. The lowest BCUT2D eigenvalue weighted by Gasteiger charge is -2.03. The van der Waals surface area contributed by atoms with Crippen molar-refractivity contribution in [3.8, 4) is 0 Å². The zero-order chi connectivity index (χ0) is 13.3. The molecule has 0 amide bonds. The lowest BCUT2D eigenvalue weighted by molar-refractivity contribution is -0.730. The van der Waals surface area contributed by atoms with Gasteiger partial charge >= 0.3 is 5.69 Å². The van der Waals surface area contributed by atoms with Crippen molar-refractivity contribution in [2.24, 2.45) is 0 Å². The summed E-state index contributed by atoms with van der Waals surface area (Å²) < 4.78 is 14.4. The Kier molecular flexibility index (Phi) is 3.10. The molecule has 0 fully saturated rings. The first kappa shape index (κ1) is 12.2. The number of aryl methyl sites for hydroxylation is 1. The normalized spacial score (nSPS) is 10.6. The number of rotatable bonds is 3. The molecule has 2 rings (SSSR count). The molecule has 5 nitrogen and oxygen atoms in total. The molecule has 0 saturated heterocycles. The molecule has 0 bridgehead atoms. The molecule has 0 saturated carbocycles. The van der Waals surface area contributed by atoms with E-state index in [1.165, 1.54) is 12.1 Å². The van der Waals surface area contributed by atoms with Crippen LogP contribution in [-0.2, 0) is 6.54 Å². The first-order chi connectivity index (χ1) is 8.49. The summed E-state index contributed by atoms with van der Waals surface area (Å²) in [5, 5.41) is 13.1. The van der Waals surface area contributed by atoms with Gasteiger partial charge in [-0.05, 0) is 31.5 Å². The summed E-state index contributed by atoms with van der Waals surface area (Å²) in [7, 11) is 0. The largest absolute Gasteiger partial charge is 0.359 e. The summed E-state index contributed by atoms with van der Waals surface area (Å²) >= 11 is 0. The summed E-state index contributed by atoms with van der Waals surface area (Å²) in [6.07, 6.45) is 0. The Bertz CT molecular complexity index is 590. The molecule has 0 spiro atoms. The van der Waals surface area contributed by atoms with Crippen LogP contribution in [-0.4, -0.2) is 19.9 Å². The van der Waals surface area contributed by atoms with E-state index in [0.29, 0.717) is 17.9 Å². The molecule has 1 aromatic heterocycles. The van der Waals surface area contributed by atoms with Gasteiger partial charge in [0.05, 0.1) is 11.5 Å². The van der Waals surface area contributed by atoms with Crippen LogP contribution in [0.25, 0.3) is 0 Å². The van der Waals surface area contributed by atoms with Gasteiger partial charge in [-0.1, -0.05) is 12.1 Å². The molecular weight excluding hydrogens is 237 g/mol. The highest BCUT2D eigenvalue weighted by atomic mass is 19.1. The minimum Gasteiger partial charge on any atom is -0.258 e. The molecule has 0 aliphatic rings. The summed E-state index contributed by atoms with van der Waals surface area (Å²) in [5.74, 6) is -0.297. The number of hydrogen-bond donors (Lipinski definition) is 1. The van der Waals surface area contributed by atoms with E-state index < -0.39 is 0 Å². The van der Waals surface area contributed by atoms with E-state index in [2.05, 4.69) is 5.10 Å². The Morgan fingerprint density at radius 1 is 1.33 bits per heavy atom. The van der Waals surface area contributed by atoms with E-state index in [0.717, 1.165) is 5.56 Å². The maximum atomic E-state index is 12.8. The second-order valence-corrected chi connectivity index (χ2v) is 4.08. The van der Waals surface area contributed by atoms with Gasteiger partial charge in [-0.3, -0.25) is 4.68 Å². The fraction of sp³-hybridized carbons (Fsp3) is 0.250. The highest BCUT2D eigenvalue weighted by Gasteiger charge is 2.26. The Morgan fingerprint density at radius 2 is 1.94 bits per heavy atom. The molecule has 1 aromatic carbocycles. The van der Waals surface area contributed by atoms with Crippen molar-refractivity contribution in [3.05, 3.63) is 51.9 Å². The molecule has 0 unspecified atom stereocenters. The molecule has 18 heavy (non-hydrogen) atoms. The van der Waals surface area contributed by atoms with Crippen molar-refractivity contribution in [3.63, 3.8) is 0 Å². The van der Waals surface area contributed by atoms with Crippen LogP contribution in [0, 0.1) is 24.6 Å². The van der Waals surface area contributed by atoms with Crippen LogP contribution in [0.15, 0.2) is 24.3 Å². The van der Waals surface area contributed by atoms with E-state index in [1.807, 2.05) is 0 Å². The van der Waals surface area contributed by atoms with Crippen molar-refractivity contribution in [1.82, 2.24) is 9.78 Å². The second kappa shape index (κ2) is 4.56. The summed E-state index contributed by atoms with van der Waals surface area (Å²) in [6, 6.07) is 6.04. The average molecular weight is 250 g/mol. The van der Waals surface area contributed by atoms with E-state index in [4.69, 9.17) is 5.21 Å². The van der Waals surface area contributed by atoms with E-state index in [1.54, 1.807) is 30.7 Å². The number of benzene rings is 1. The highest BCUT2D eigenvalue weighted by molar-refractivity contribution is 5.39. The minimum atomic E-state index is -0.297. The Labute approximate surface area is 103 Å². The molecule has 0 radical (unpaired) electrons. The lowest BCUT2D eigenvalue weighted by atomic mass is 10.2. The van der Waals surface area contributed by atoms with Crippen molar-refractivity contribution in [1.29, 1.82) is 0 Å². The van der Waals surface area contributed by atoms with Crippen molar-refractivity contribution < 1.29 is 14.5 Å². The topological polar surface area (TPSA) is 58.1 Å². The van der Waals surface area contributed by atoms with E-state index in [9.17, 15) is 9.30 Å². The quantitative estimate of drug-likeness (QED) is 0.851. The third-order valence-electron chi connectivity index (χ3n) is 2.78. The zero-order valence-corrected chi connectivity index (χ0v) is 10.1. The van der Waals surface area contributed by atoms with Gasteiger partial charge in [0.15, 0.2) is 0 Å². The van der Waals surface area contributed by atoms with Crippen LogP contribution < -0.4 is 0 Å². The minimum absolute atomic E-state index is 0.150. The summed E-state index contributed by atoms with van der Waals surface area (Å²) in [5.41, 5.74) is 2.03. The lowest BCUT2D eigenvalue weighted by Crippen LogP contribution is -2.04. The van der Waals surface area contributed by atoms with Crippen molar-refractivity contribution >= 4 is 5.69 Å². The van der Waals surface area contributed by atoms with Gasteiger partial charge in [0, 0.05) is 0 Å². The zero-order valence-electron chi connectivity index (χ0n) is 10.1. The number of halogens is 1. The van der Waals surface area contributed by atoms with Gasteiger partial charge in [0.2, 0.25) is 0 Å². The number of aromatic nitrogens is 2. The summed E-state index contributed by atoms with van der Waals surface area (Å²) in [4.78, 5) is 10.8. The first-order valence-electron chi connectivity index (χ1n) is 5.43. The molecular formula is C12H13FN3O2+. The van der Waals surface area contributed by atoms with Gasteiger partial charge in [-0.15, -0.1) is 0 Å². The van der Waals surface area contributed by atoms with Crippen LogP contribution in [0.4, 0.5) is 10.1 Å². The molecule has 6 heteroatoms. The van der Waals surface area contributed by atoms with Gasteiger partial charge in [0.25, 0.3) is 4.92 Å². The van der Waals surface area contributed by atoms with E-state index >= 15 is 0 Å². The highest BCUT2D eigenvalue weighted by Crippen LogP contribution is 2.22. The van der Waals surface area contributed by atoms with Crippen molar-refractivity contribution in [2.45, 2.75) is 20.4 Å². The maximum Gasteiger partial charge on any atom is 0.359 e. The van der Waals surface area contributed by atoms with Gasteiger partial charge in [-0.25, -0.2) is 9.60 Å². The maximum absolute atomic E-state index is 12.8. The number of nitrogens with zero attached hydrogens (tertiary/aromatic N) is 3. The predicted molar refractivity (Wildman–Crippen MR) is 62.3 cm³/mol. The standard InChI is InChI=1S/C12H13FN3O2/c1-8-12(16(17)18)9(2)15(14-8)7-10-3-5-11(13)6-4-10/h3-6H,7H2,1-2H3,(H,17,18)/q+1.